The lowest BCUT2D eigenvalue weighted by molar-refractivity contribution is -0.129. The number of ether oxygens (including phenoxy) is 1. The van der Waals surface area contributed by atoms with E-state index in [1.54, 1.807) is 0 Å². The number of piperidine rings is 1. The van der Waals surface area contributed by atoms with Crippen LogP contribution in [0.15, 0.2) is 22.7 Å². The number of rotatable bonds is 5. The first-order valence-corrected chi connectivity index (χ1v) is 9.65. The molecule has 1 saturated heterocycles. The van der Waals surface area contributed by atoms with E-state index in [4.69, 9.17) is 20.9 Å². The predicted molar refractivity (Wildman–Crippen MR) is 96.9 cm³/mol. The maximum atomic E-state index is 11.9. The van der Waals surface area contributed by atoms with Gasteiger partial charge in [-0.2, -0.15) is 0 Å². The molecule has 3 aliphatic rings. The smallest absolute Gasteiger partial charge is 0.226 e. The number of nitrogens with one attached hydrogen (secondary N) is 1. The standard InChI is InChI=1S/C20H21ClN2O3/c1-10-3-2-4-15(21)17(10)18-14(19(26-23-18)11-5-6-11)9-25-16-8-12-7-13(16)20(24)22-12/h2-4,11-13,16H,5-9H2,1H3,(H,22,24)/t12-,13+,16+/m0/s1. The van der Waals surface area contributed by atoms with Crippen molar-refractivity contribution in [3.63, 3.8) is 0 Å². The van der Waals surface area contributed by atoms with Crippen LogP contribution in [0.5, 0.6) is 0 Å². The van der Waals surface area contributed by atoms with Crippen molar-refractivity contribution in [1.82, 2.24) is 10.5 Å². The summed E-state index contributed by atoms with van der Waals surface area (Å²) in [5.41, 5.74) is 3.75. The van der Waals surface area contributed by atoms with E-state index in [0.717, 1.165) is 53.8 Å². The fourth-order valence-corrected chi connectivity index (χ4v) is 4.64. The van der Waals surface area contributed by atoms with Gasteiger partial charge >= 0.3 is 0 Å². The number of nitrogens with zero attached hydrogens (tertiary/aromatic N) is 1. The molecule has 136 valence electrons. The van der Waals surface area contributed by atoms with Crippen LogP contribution < -0.4 is 5.32 Å². The van der Waals surface area contributed by atoms with E-state index in [1.807, 2.05) is 25.1 Å². The molecule has 6 heteroatoms. The first kappa shape index (κ1) is 16.3. The van der Waals surface area contributed by atoms with Crippen molar-refractivity contribution in [2.45, 2.75) is 57.3 Å². The molecule has 0 spiro atoms. The molecule has 2 aromatic rings. The Morgan fingerprint density at radius 2 is 2.19 bits per heavy atom. The summed E-state index contributed by atoms with van der Waals surface area (Å²) in [6, 6.07) is 6.11. The van der Waals surface area contributed by atoms with Gasteiger partial charge in [-0.15, -0.1) is 0 Å². The fourth-order valence-electron chi connectivity index (χ4n) is 4.33. The first-order valence-electron chi connectivity index (χ1n) is 9.27. The Bertz CT molecular complexity index is 854. The molecule has 26 heavy (non-hydrogen) atoms. The minimum absolute atomic E-state index is 0.0177. The van der Waals surface area contributed by atoms with Gasteiger partial charge in [-0.3, -0.25) is 4.79 Å². The van der Waals surface area contributed by atoms with Crippen molar-refractivity contribution in [3.05, 3.63) is 40.1 Å². The topological polar surface area (TPSA) is 64.4 Å². The molecule has 1 amide bonds. The molecule has 1 aliphatic heterocycles. The second kappa shape index (κ2) is 6.10. The van der Waals surface area contributed by atoms with Crippen molar-refractivity contribution in [1.29, 1.82) is 0 Å². The molecule has 1 aromatic heterocycles. The summed E-state index contributed by atoms with van der Waals surface area (Å²) in [6.45, 7) is 2.44. The Morgan fingerprint density at radius 1 is 1.35 bits per heavy atom. The molecule has 2 saturated carbocycles. The summed E-state index contributed by atoms with van der Waals surface area (Å²) in [7, 11) is 0. The Labute approximate surface area is 157 Å². The van der Waals surface area contributed by atoms with Gasteiger partial charge in [-0.25, -0.2) is 0 Å². The summed E-state index contributed by atoms with van der Waals surface area (Å²) in [5, 5.41) is 8.03. The van der Waals surface area contributed by atoms with E-state index < -0.39 is 0 Å². The summed E-state index contributed by atoms with van der Waals surface area (Å²) in [5.74, 6) is 1.46. The summed E-state index contributed by atoms with van der Waals surface area (Å²) in [6.07, 6.45) is 4.01. The minimum Gasteiger partial charge on any atom is -0.372 e. The van der Waals surface area contributed by atoms with Crippen molar-refractivity contribution in [2.75, 3.05) is 0 Å². The molecule has 5 rings (SSSR count). The molecule has 2 aliphatic carbocycles. The Hall–Kier alpha value is -1.85. The van der Waals surface area contributed by atoms with Crippen LogP contribution in [-0.2, 0) is 16.1 Å². The molecule has 3 fully saturated rings. The molecule has 5 nitrogen and oxygen atoms in total. The highest BCUT2D eigenvalue weighted by Crippen LogP contribution is 2.46. The average Bonchev–Trinajstić information content (AvgIpc) is 3.09. The number of halogens is 1. The van der Waals surface area contributed by atoms with Crippen LogP contribution in [0.25, 0.3) is 11.3 Å². The molecule has 2 bridgehead atoms. The minimum atomic E-state index is -0.0188. The number of amides is 1. The van der Waals surface area contributed by atoms with E-state index in [-0.39, 0.29) is 24.0 Å². The van der Waals surface area contributed by atoms with Gasteiger partial charge in [0.05, 0.1) is 23.7 Å². The van der Waals surface area contributed by atoms with Gasteiger partial charge in [-0.1, -0.05) is 28.9 Å². The number of carbonyl (C=O) groups excluding carboxylic acids is 1. The van der Waals surface area contributed by atoms with Gasteiger partial charge in [0, 0.05) is 23.1 Å². The van der Waals surface area contributed by atoms with Crippen LogP contribution in [0.4, 0.5) is 0 Å². The maximum absolute atomic E-state index is 11.9. The highest BCUT2D eigenvalue weighted by Gasteiger charge is 2.46. The van der Waals surface area contributed by atoms with Crippen LogP contribution in [-0.4, -0.2) is 23.2 Å². The largest absolute Gasteiger partial charge is 0.372 e. The number of benzene rings is 1. The van der Waals surface area contributed by atoms with E-state index >= 15 is 0 Å². The van der Waals surface area contributed by atoms with Crippen LogP contribution in [0, 0.1) is 12.8 Å². The van der Waals surface area contributed by atoms with Gasteiger partial charge < -0.3 is 14.6 Å². The van der Waals surface area contributed by atoms with Gasteiger partial charge in [0.2, 0.25) is 5.91 Å². The van der Waals surface area contributed by atoms with Crippen LogP contribution in [0.2, 0.25) is 5.02 Å². The lowest BCUT2D eigenvalue weighted by atomic mass is 10.00. The van der Waals surface area contributed by atoms with Gasteiger partial charge in [-0.05, 0) is 44.2 Å². The van der Waals surface area contributed by atoms with Crippen molar-refractivity contribution in [2.24, 2.45) is 5.92 Å². The van der Waals surface area contributed by atoms with Crippen molar-refractivity contribution in [3.8, 4) is 11.3 Å². The highest BCUT2D eigenvalue weighted by atomic mass is 35.5. The molecule has 0 radical (unpaired) electrons. The highest BCUT2D eigenvalue weighted by molar-refractivity contribution is 6.33. The zero-order chi connectivity index (χ0) is 17.8. The Morgan fingerprint density at radius 3 is 2.88 bits per heavy atom. The first-order chi connectivity index (χ1) is 12.6. The molecule has 3 atom stereocenters. The van der Waals surface area contributed by atoms with Gasteiger partial charge in [0.25, 0.3) is 0 Å². The third kappa shape index (κ3) is 2.65. The van der Waals surface area contributed by atoms with E-state index in [1.165, 1.54) is 0 Å². The molecule has 1 N–H and O–H groups in total. The number of hydrogen-bond acceptors (Lipinski definition) is 4. The molecular weight excluding hydrogens is 352 g/mol. The van der Waals surface area contributed by atoms with Crippen molar-refractivity contribution < 1.29 is 14.1 Å². The number of aromatic nitrogens is 1. The number of hydrogen-bond donors (Lipinski definition) is 1. The normalized spacial score (nSPS) is 27.2. The van der Waals surface area contributed by atoms with Crippen LogP contribution in [0.3, 0.4) is 0 Å². The molecule has 0 unspecified atom stereocenters. The lowest BCUT2D eigenvalue weighted by Gasteiger charge is -2.22. The fraction of sp³-hybridized carbons (Fsp3) is 0.500. The van der Waals surface area contributed by atoms with E-state index in [9.17, 15) is 4.79 Å². The third-order valence-corrected chi connectivity index (χ3v) is 6.17. The molecular formula is C20H21ClN2O3. The zero-order valence-electron chi connectivity index (χ0n) is 14.6. The third-order valence-electron chi connectivity index (χ3n) is 5.85. The maximum Gasteiger partial charge on any atom is 0.226 e. The summed E-state index contributed by atoms with van der Waals surface area (Å²) < 4.78 is 11.9. The van der Waals surface area contributed by atoms with E-state index in [2.05, 4.69) is 10.5 Å². The lowest BCUT2D eigenvalue weighted by Crippen LogP contribution is -2.39. The monoisotopic (exact) mass is 372 g/mol. The molecule has 1 aromatic carbocycles. The van der Waals surface area contributed by atoms with Crippen LogP contribution in [0.1, 0.15) is 48.5 Å². The number of fused-ring (bicyclic) bond motifs is 2. The van der Waals surface area contributed by atoms with E-state index in [0.29, 0.717) is 17.5 Å². The predicted octanol–water partition coefficient (Wildman–Crippen LogP) is 3.97. The zero-order valence-corrected chi connectivity index (χ0v) is 15.4. The Kier molecular flexibility index (Phi) is 3.83. The summed E-state index contributed by atoms with van der Waals surface area (Å²) in [4.78, 5) is 11.9. The second-order valence-electron chi connectivity index (χ2n) is 7.71. The summed E-state index contributed by atoms with van der Waals surface area (Å²) >= 11 is 6.46. The van der Waals surface area contributed by atoms with Gasteiger partial charge in [0.15, 0.2) is 0 Å². The number of aryl methyl sites for hydroxylation is 1. The van der Waals surface area contributed by atoms with Crippen molar-refractivity contribution >= 4 is 17.5 Å². The average molecular weight is 373 g/mol. The molecule has 2 heterocycles. The van der Waals surface area contributed by atoms with Gasteiger partial charge in [0.1, 0.15) is 11.5 Å². The second-order valence-corrected chi connectivity index (χ2v) is 8.12. The Balaban J connectivity index is 1.46. The number of carbonyl (C=O) groups is 1. The van der Waals surface area contributed by atoms with Crippen LogP contribution >= 0.6 is 11.6 Å². The quantitative estimate of drug-likeness (QED) is 0.862. The SMILES string of the molecule is Cc1cccc(Cl)c1-c1noc(C2CC2)c1CO[C@@H]1C[C@@H]2C[C@H]1C(=O)N2.